The Hall–Kier alpha value is -2.70. The van der Waals surface area contributed by atoms with E-state index < -0.39 is 5.91 Å². The first-order chi connectivity index (χ1) is 12.2. The Balaban J connectivity index is 1.48. The van der Waals surface area contributed by atoms with Crippen molar-refractivity contribution in [3.63, 3.8) is 0 Å². The molecule has 2 aromatic carbocycles. The summed E-state index contributed by atoms with van der Waals surface area (Å²) in [7, 11) is 0. The van der Waals surface area contributed by atoms with Crippen LogP contribution in [0.4, 0.5) is 5.69 Å². The number of hydrogen-bond acceptors (Lipinski definition) is 4. The van der Waals surface area contributed by atoms with Crippen molar-refractivity contribution in [3.8, 4) is 0 Å². The number of nitrogens with one attached hydrogen (secondary N) is 3. The summed E-state index contributed by atoms with van der Waals surface area (Å²) in [5.74, 6) is -0.713. The number of anilines is 1. The molecule has 25 heavy (non-hydrogen) atoms. The molecule has 1 aliphatic carbocycles. The van der Waals surface area contributed by atoms with Gasteiger partial charge in [0, 0.05) is 17.3 Å². The zero-order chi connectivity index (χ0) is 17.6. The third-order valence-corrected chi connectivity index (χ3v) is 4.43. The summed E-state index contributed by atoms with van der Waals surface area (Å²) < 4.78 is 0. The van der Waals surface area contributed by atoms with E-state index in [2.05, 4.69) is 34.9 Å². The average Bonchev–Trinajstić information content (AvgIpc) is 2.66. The average molecular weight is 339 g/mol. The molecular formula is C19H21N3O3. The first kappa shape index (κ1) is 17.1. The van der Waals surface area contributed by atoms with Crippen LogP contribution in [0.25, 0.3) is 0 Å². The van der Waals surface area contributed by atoms with Crippen LogP contribution >= 0.6 is 0 Å². The summed E-state index contributed by atoms with van der Waals surface area (Å²) in [6.07, 6.45) is 2.99. The third-order valence-electron chi connectivity index (χ3n) is 4.43. The number of benzene rings is 2. The van der Waals surface area contributed by atoms with E-state index >= 15 is 0 Å². The standard InChI is InChI=1S/C19H21N3O3/c23-18(21-16-8-6-14(7-9-16)19(24)22-25)12-20-17-10-5-13-3-1-2-4-15(13)11-17/h1-4,6-9,17,20,25H,5,10-12H2,(H,21,23)(H,22,24). The predicted molar refractivity (Wildman–Crippen MR) is 94.6 cm³/mol. The Morgan fingerprint density at radius 2 is 1.76 bits per heavy atom. The van der Waals surface area contributed by atoms with Crippen LogP contribution in [0.5, 0.6) is 0 Å². The quantitative estimate of drug-likeness (QED) is 0.495. The highest BCUT2D eigenvalue weighted by Gasteiger charge is 2.18. The molecule has 4 N–H and O–H groups in total. The van der Waals surface area contributed by atoms with Gasteiger partial charge in [-0.1, -0.05) is 24.3 Å². The molecular weight excluding hydrogens is 318 g/mol. The molecule has 130 valence electrons. The maximum absolute atomic E-state index is 12.1. The highest BCUT2D eigenvalue weighted by Crippen LogP contribution is 2.20. The van der Waals surface area contributed by atoms with E-state index in [0.29, 0.717) is 17.3 Å². The van der Waals surface area contributed by atoms with Crippen LogP contribution in [0.15, 0.2) is 48.5 Å². The lowest BCUT2D eigenvalue weighted by Crippen LogP contribution is -2.39. The van der Waals surface area contributed by atoms with Crippen LogP contribution in [0.2, 0.25) is 0 Å². The topological polar surface area (TPSA) is 90.5 Å². The molecule has 6 heteroatoms. The van der Waals surface area contributed by atoms with E-state index in [1.54, 1.807) is 17.6 Å². The zero-order valence-electron chi connectivity index (χ0n) is 13.8. The van der Waals surface area contributed by atoms with Crippen LogP contribution in [0.1, 0.15) is 27.9 Å². The highest BCUT2D eigenvalue weighted by atomic mass is 16.5. The molecule has 2 amide bonds. The third kappa shape index (κ3) is 4.43. The lowest BCUT2D eigenvalue weighted by Gasteiger charge is -2.25. The van der Waals surface area contributed by atoms with Gasteiger partial charge in [-0.3, -0.25) is 14.8 Å². The molecule has 0 aliphatic heterocycles. The summed E-state index contributed by atoms with van der Waals surface area (Å²) in [6.45, 7) is 0.242. The minimum atomic E-state index is -0.586. The van der Waals surface area contributed by atoms with Crippen LogP contribution in [-0.4, -0.2) is 29.6 Å². The molecule has 6 nitrogen and oxygen atoms in total. The fourth-order valence-electron chi connectivity index (χ4n) is 3.08. The Kier molecular flexibility index (Phi) is 5.42. The number of rotatable bonds is 5. The van der Waals surface area contributed by atoms with Crippen molar-refractivity contribution in [2.24, 2.45) is 0 Å². The van der Waals surface area contributed by atoms with E-state index in [1.807, 2.05) is 0 Å². The first-order valence-electron chi connectivity index (χ1n) is 8.30. The normalized spacial score (nSPS) is 16.0. The summed E-state index contributed by atoms with van der Waals surface area (Å²) in [6, 6.07) is 15.0. The molecule has 1 aliphatic rings. The van der Waals surface area contributed by atoms with Gasteiger partial charge in [0.1, 0.15) is 0 Å². The first-order valence-corrected chi connectivity index (χ1v) is 8.30. The summed E-state index contributed by atoms with van der Waals surface area (Å²) in [5.41, 5.74) is 5.25. The molecule has 0 aromatic heterocycles. The predicted octanol–water partition coefficient (Wildman–Crippen LogP) is 1.89. The van der Waals surface area contributed by atoms with Crippen molar-refractivity contribution in [2.75, 3.05) is 11.9 Å². The van der Waals surface area contributed by atoms with Crippen molar-refractivity contribution >= 4 is 17.5 Å². The van der Waals surface area contributed by atoms with E-state index in [4.69, 9.17) is 5.21 Å². The molecule has 1 unspecified atom stereocenters. The molecule has 1 atom stereocenters. The highest BCUT2D eigenvalue weighted by molar-refractivity contribution is 5.95. The van der Waals surface area contributed by atoms with Gasteiger partial charge in [0.15, 0.2) is 0 Å². The molecule has 0 fully saturated rings. The number of aryl methyl sites for hydroxylation is 1. The van der Waals surface area contributed by atoms with Crippen LogP contribution in [0.3, 0.4) is 0 Å². The smallest absolute Gasteiger partial charge is 0.274 e. The molecule has 0 spiro atoms. The number of carbonyl (C=O) groups is 2. The van der Waals surface area contributed by atoms with Crippen molar-refractivity contribution in [1.82, 2.24) is 10.8 Å². The van der Waals surface area contributed by atoms with Crippen molar-refractivity contribution < 1.29 is 14.8 Å². The van der Waals surface area contributed by atoms with Gasteiger partial charge in [0.05, 0.1) is 6.54 Å². The van der Waals surface area contributed by atoms with E-state index in [1.165, 1.54) is 23.3 Å². The maximum atomic E-state index is 12.1. The van der Waals surface area contributed by atoms with Crippen molar-refractivity contribution in [3.05, 3.63) is 65.2 Å². The van der Waals surface area contributed by atoms with Gasteiger partial charge in [0.2, 0.25) is 5.91 Å². The van der Waals surface area contributed by atoms with E-state index in [0.717, 1.165) is 19.3 Å². The van der Waals surface area contributed by atoms with Gasteiger partial charge in [0.25, 0.3) is 5.91 Å². The molecule has 0 heterocycles. The molecule has 3 rings (SSSR count). The zero-order valence-corrected chi connectivity index (χ0v) is 13.8. The Morgan fingerprint density at radius 3 is 2.48 bits per heavy atom. The number of carbonyl (C=O) groups excluding carboxylic acids is 2. The number of hydroxylamine groups is 1. The Morgan fingerprint density at radius 1 is 1.04 bits per heavy atom. The van der Waals surface area contributed by atoms with Crippen LogP contribution in [-0.2, 0) is 17.6 Å². The monoisotopic (exact) mass is 339 g/mol. The van der Waals surface area contributed by atoms with E-state index in [-0.39, 0.29) is 12.5 Å². The van der Waals surface area contributed by atoms with Crippen LogP contribution in [0, 0.1) is 0 Å². The van der Waals surface area contributed by atoms with Crippen molar-refractivity contribution in [1.29, 1.82) is 0 Å². The van der Waals surface area contributed by atoms with Gasteiger partial charge >= 0.3 is 0 Å². The van der Waals surface area contributed by atoms with Crippen LogP contribution < -0.4 is 16.1 Å². The van der Waals surface area contributed by atoms with Gasteiger partial charge in [-0.2, -0.15) is 0 Å². The molecule has 2 aromatic rings. The SMILES string of the molecule is O=C(CNC1CCc2ccccc2C1)Nc1ccc(C(=O)NO)cc1. The second-order valence-corrected chi connectivity index (χ2v) is 6.16. The Bertz CT molecular complexity index is 759. The minimum absolute atomic E-state index is 0.127. The second-order valence-electron chi connectivity index (χ2n) is 6.16. The summed E-state index contributed by atoms with van der Waals surface area (Å²) >= 11 is 0. The van der Waals surface area contributed by atoms with Gasteiger partial charge < -0.3 is 10.6 Å². The van der Waals surface area contributed by atoms with Gasteiger partial charge in [-0.05, 0) is 54.7 Å². The number of hydrogen-bond donors (Lipinski definition) is 4. The molecule has 0 saturated heterocycles. The van der Waals surface area contributed by atoms with Crippen molar-refractivity contribution in [2.45, 2.75) is 25.3 Å². The summed E-state index contributed by atoms with van der Waals surface area (Å²) in [5, 5.41) is 14.7. The van der Waals surface area contributed by atoms with Gasteiger partial charge in [-0.15, -0.1) is 0 Å². The number of amides is 2. The largest absolute Gasteiger partial charge is 0.325 e. The van der Waals surface area contributed by atoms with Gasteiger partial charge in [-0.25, -0.2) is 5.48 Å². The maximum Gasteiger partial charge on any atom is 0.274 e. The number of fused-ring (bicyclic) bond motifs is 1. The fourth-order valence-corrected chi connectivity index (χ4v) is 3.08. The lowest BCUT2D eigenvalue weighted by molar-refractivity contribution is -0.115. The minimum Gasteiger partial charge on any atom is -0.325 e. The molecule has 0 bridgehead atoms. The Labute approximate surface area is 146 Å². The van der Waals surface area contributed by atoms with E-state index in [9.17, 15) is 9.59 Å². The molecule has 0 radical (unpaired) electrons. The molecule has 0 saturated carbocycles. The fraction of sp³-hybridized carbons (Fsp3) is 0.263. The lowest BCUT2D eigenvalue weighted by atomic mass is 9.88. The summed E-state index contributed by atoms with van der Waals surface area (Å²) in [4.78, 5) is 23.3. The second kappa shape index (κ2) is 7.92.